The molecule has 1 aromatic heterocycles. The first kappa shape index (κ1) is 13.1. The fraction of sp³-hybridized carbons (Fsp3) is 0.357. The van der Waals surface area contributed by atoms with Gasteiger partial charge in [0.05, 0.1) is 12.6 Å². The molecule has 20 heavy (non-hydrogen) atoms. The molecule has 0 N–H and O–H groups in total. The van der Waals surface area contributed by atoms with Gasteiger partial charge in [-0.1, -0.05) is 0 Å². The third-order valence-electron chi connectivity index (χ3n) is 3.31. The predicted octanol–water partition coefficient (Wildman–Crippen LogP) is 3.11. The second-order valence-corrected chi connectivity index (χ2v) is 4.58. The number of nitrogens with zero attached hydrogens (tertiary/aromatic N) is 2. The van der Waals surface area contributed by atoms with Gasteiger partial charge in [-0.2, -0.15) is 8.78 Å². The van der Waals surface area contributed by atoms with Gasteiger partial charge in [-0.3, -0.25) is 0 Å². The van der Waals surface area contributed by atoms with Crippen molar-refractivity contribution in [1.82, 2.24) is 9.55 Å². The van der Waals surface area contributed by atoms with Crippen LogP contribution in [0.3, 0.4) is 0 Å². The van der Waals surface area contributed by atoms with E-state index >= 15 is 0 Å². The summed E-state index contributed by atoms with van der Waals surface area (Å²) in [5, 5.41) is 0. The first-order valence-electron chi connectivity index (χ1n) is 6.40. The first-order chi connectivity index (χ1) is 9.74. The summed E-state index contributed by atoms with van der Waals surface area (Å²) in [5.74, 6) is 0.954. The third kappa shape index (κ3) is 2.65. The van der Waals surface area contributed by atoms with Crippen molar-refractivity contribution in [3.8, 4) is 17.1 Å². The van der Waals surface area contributed by atoms with E-state index in [-0.39, 0.29) is 11.8 Å². The highest BCUT2D eigenvalue weighted by Gasteiger charge is 2.20. The summed E-state index contributed by atoms with van der Waals surface area (Å²) in [6, 6.07) is 6.78. The first-order valence-corrected chi connectivity index (χ1v) is 6.40. The molecule has 1 aliphatic heterocycles. The molecule has 1 aliphatic rings. The fourth-order valence-electron chi connectivity index (χ4n) is 2.36. The number of benzene rings is 1. The van der Waals surface area contributed by atoms with Crippen LogP contribution in [0.15, 0.2) is 36.7 Å². The van der Waals surface area contributed by atoms with Gasteiger partial charge in [0.15, 0.2) is 0 Å². The average Bonchev–Trinajstić information content (AvgIpc) is 3.09. The highest BCUT2D eigenvalue weighted by molar-refractivity contribution is 5.57. The lowest BCUT2D eigenvalue weighted by atomic mass is 10.2. The van der Waals surface area contributed by atoms with Crippen molar-refractivity contribution < 1.29 is 18.3 Å². The molecule has 106 valence electrons. The maximum absolute atomic E-state index is 12.1. The zero-order chi connectivity index (χ0) is 13.9. The van der Waals surface area contributed by atoms with E-state index in [4.69, 9.17) is 4.74 Å². The molecule has 6 heteroatoms. The van der Waals surface area contributed by atoms with Crippen LogP contribution in [0.5, 0.6) is 5.75 Å². The summed E-state index contributed by atoms with van der Waals surface area (Å²) in [7, 11) is 0. The van der Waals surface area contributed by atoms with Crippen LogP contribution in [0.2, 0.25) is 0 Å². The summed E-state index contributed by atoms with van der Waals surface area (Å²) in [4.78, 5) is 4.34. The number of hydrogen-bond acceptors (Lipinski definition) is 3. The fourth-order valence-corrected chi connectivity index (χ4v) is 2.36. The molecule has 0 spiro atoms. The Morgan fingerprint density at radius 1 is 1.30 bits per heavy atom. The number of halogens is 2. The van der Waals surface area contributed by atoms with Gasteiger partial charge in [-0.05, 0) is 30.7 Å². The Balaban J connectivity index is 1.84. The summed E-state index contributed by atoms with van der Waals surface area (Å²) in [6.07, 6.45) is 4.60. The van der Waals surface area contributed by atoms with E-state index in [1.54, 1.807) is 18.3 Å². The van der Waals surface area contributed by atoms with Crippen molar-refractivity contribution in [3.63, 3.8) is 0 Å². The van der Waals surface area contributed by atoms with Gasteiger partial charge in [-0.15, -0.1) is 0 Å². The second-order valence-electron chi connectivity index (χ2n) is 4.58. The maximum Gasteiger partial charge on any atom is 0.387 e. The Bertz CT molecular complexity index is 563. The summed E-state index contributed by atoms with van der Waals surface area (Å²) >= 11 is 0. The minimum atomic E-state index is -2.81. The lowest BCUT2D eigenvalue weighted by molar-refractivity contribution is -0.0498. The minimum Gasteiger partial charge on any atom is -0.435 e. The Kier molecular flexibility index (Phi) is 3.64. The zero-order valence-corrected chi connectivity index (χ0v) is 10.7. The van der Waals surface area contributed by atoms with Crippen LogP contribution in [0.1, 0.15) is 12.5 Å². The molecule has 2 aromatic rings. The molecular formula is C14H14F2N2O2. The van der Waals surface area contributed by atoms with Crippen LogP contribution in [0, 0.1) is 0 Å². The standard InChI is InChI=1S/C14H14F2N2O2/c15-14(16)20-12-3-1-10(2-4-12)13-17-6-7-18(13)11-5-8-19-9-11/h1-4,6-7,11,14H,5,8-9H2. The number of hydrogen-bond donors (Lipinski definition) is 0. The SMILES string of the molecule is FC(F)Oc1ccc(-c2nccn2C2CCOC2)cc1. The van der Waals surface area contributed by atoms with Gasteiger partial charge in [-0.25, -0.2) is 4.98 Å². The predicted molar refractivity (Wildman–Crippen MR) is 68.8 cm³/mol. The molecule has 0 radical (unpaired) electrons. The number of aromatic nitrogens is 2. The van der Waals surface area contributed by atoms with E-state index in [1.807, 2.05) is 6.20 Å². The zero-order valence-electron chi connectivity index (χ0n) is 10.7. The van der Waals surface area contributed by atoms with E-state index in [2.05, 4.69) is 14.3 Å². The van der Waals surface area contributed by atoms with Crippen molar-refractivity contribution in [3.05, 3.63) is 36.7 Å². The van der Waals surface area contributed by atoms with Crippen molar-refractivity contribution in [1.29, 1.82) is 0 Å². The molecule has 0 bridgehead atoms. The summed E-state index contributed by atoms with van der Waals surface area (Å²) in [6.45, 7) is -1.38. The molecule has 1 unspecified atom stereocenters. The summed E-state index contributed by atoms with van der Waals surface area (Å²) in [5.41, 5.74) is 0.864. The molecule has 1 fully saturated rings. The molecule has 3 rings (SSSR count). The number of imidazole rings is 1. The van der Waals surface area contributed by atoms with E-state index < -0.39 is 6.61 Å². The largest absolute Gasteiger partial charge is 0.435 e. The molecule has 2 heterocycles. The molecular weight excluding hydrogens is 266 g/mol. The van der Waals surface area contributed by atoms with Crippen LogP contribution in [0.25, 0.3) is 11.4 Å². The van der Waals surface area contributed by atoms with Gasteiger partial charge in [0.1, 0.15) is 11.6 Å². The molecule has 0 aliphatic carbocycles. The van der Waals surface area contributed by atoms with Gasteiger partial charge in [0, 0.05) is 24.6 Å². The maximum atomic E-state index is 12.1. The lowest BCUT2D eigenvalue weighted by Gasteiger charge is -2.14. The Hall–Kier alpha value is -1.95. The normalized spacial score (nSPS) is 18.6. The van der Waals surface area contributed by atoms with Crippen molar-refractivity contribution in [2.24, 2.45) is 0 Å². The smallest absolute Gasteiger partial charge is 0.387 e. The van der Waals surface area contributed by atoms with E-state index in [1.165, 1.54) is 12.1 Å². The highest BCUT2D eigenvalue weighted by Crippen LogP contribution is 2.27. The van der Waals surface area contributed by atoms with Gasteiger partial charge >= 0.3 is 6.61 Å². The Morgan fingerprint density at radius 3 is 2.75 bits per heavy atom. The molecule has 0 amide bonds. The third-order valence-corrected chi connectivity index (χ3v) is 3.31. The monoisotopic (exact) mass is 280 g/mol. The molecule has 1 aromatic carbocycles. The molecule has 1 saturated heterocycles. The molecule has 0 saturated carbocycles. The number of alkyl halides is 2. The van der Waals surface area contributed by atoms with E-state index in [0.717, 1.165) is 24.4 Å². The van der Waals surface area contributed by atoms with E-state index in [0.29, 0.717) is 6.61 Å². The molecule has 1 atom stereocenters. The highest BCUT2D eigenvalue weighted by atomic mass is 19.3. The van der Waals surface area contributed by atoms with E-state index in [9.17, 15) is 8.78 Å². The summed E-state index contributed by atoms with van der Waals surface area (Å²) < 4.78 is 36.0. The van der Waals surface area contributed by atoms with Crippen LogP contribution in [-0.4, -0.2) is 29.4 Å². The lowest BCUT2D eigenvalue weighted by Crippen LogP contribution is -2.09. The topological polar surface area (TPSA) is 36.3 Å². The van der Waals surface area contributed by atoms with Gasteiger partial charge in [0.25, 0.3) is 0 Å². The second kappa shape index (κ2) is 5.58. The van der Waals surface area contributed by atoms with Crippen LogP contribution in [-0.2, 0) is 4.74 Å². The van der Waals surface area contributed by atoms with Crippen molar-refractivity contribution in [2.75, 3.05) is 13.2 Å². The van der Waals surface area contributed by atoms with Crippen LogP contribution >= 0.6 is 0 Å². The van der Waals surface area contributed by atoms with Crippen LogP contribution < -0.4 is 4.74 Å². The molecule has 4 nitrogen and oxygen atoms in total. The Labute approximate surface area is 115 Å². The van der Waals surface area contributed by atoms with Crippen molar-refractivity contribution >= 4 is 0 Å². The number of ether oxygens (including phenoxy) is 2. The van der Waals surface area contributed by atoms with Crippen LogP contribution in [0.4, 0.5) is 8.78 Å². The quantitative estimate of drug-likeness (QED) is 0.863. The van der Waals surface area contributed by atoms with Gasteiger partial charge < -0.3 is 14.0 Å². The number of rotatable bonds is 4. The van der Waals surface area contributed by atoms with Crippen molar-refractivity contribution in [2.45, 2.75) is 19.1 Å². The average molecular weight is 280 g/mol. The minimum absolute atomic E-state index is 0.144. The Morgan fingerprint density at radius 2 is 2.10 bits per heavy atom. The van der Waals surface area contributed by atoms with Gasteiger partial charge in [0.2, 0.25) is 0 Å².